The molecule has 0 amide bonds. The Labute approximate surface area is 161 Å². The number of pyridine rings is 1. The second-order valence-electron chi connectivity index (χ2n) is 7.13. The minimum atomic E-state index is -2.54. The average molecular weight is 369 g/mol. The third-order valence-electron chi connectivity index (χ3n) is 5.32. The topological polar surface area (TPSA) is 12.9 Å². The van der Waals surface area contributed by atoms with Crippen LogP contribution in [0.4, 0.5) is 8.78 Å². The van der Waals surface area contributed by atoms with Gasteiger partial charge >= 0.3 is 0 Å². The molecule has 0 fully saturated rings. The number of alkyl halides is 2. The van der Waals surface area contributed by atoms with Gasteiger partial charge in [-0.1, -0.05) is 60.2 Å². The van der Waals surface area contributed by atoms with Crippen LogP contribution in [0.15, 0.2) is 79.0 Å². The highest BCUT2D eigenvalue weighted by atomic mass is 19.3. The van der Waals surface area contributed by atoms with Gasteiger partial charge in [-0.15, -0.1) is 0 Å². The van der Waals surface area contributed by atoms with Crippen molar-refractivity contribution in [3.8, 4) is 11.3 Å². The monoisotopic (exact) mass is 369 g/mol. The van der Waals surface area contributed by atoms with E-state index in [0.29, 0.717) is 10.9 Å². The van der Waals surface area contributed by atoms with Crippen LogP contribution >= 0.6 is 0 Å². The number of aromatic nitrogens is 1. The van der Waals surface area contributed by atoms with Crippen molar-refractivity contribution in [3.63, 3.8) is 0 Å². The molecule has 0 radical (unpaired) electrons. The van der Waals surface area contributed by atoms with Gasteiger partial charge in [-0.25, -0.2) is 8.78 Å². The van der Waals surface area contributed by atoms with E-state index in [-0.39, 0.29) is 5.56 Å². The average Bonchev–Trinajstić information content (AvgIpc) is 2.72. The lowest BCUT2D eigenvalue weighted by Gasteiger charge is -2.12. The van der Waals surface area contributed by atoms with Crippen molar-refractivity contribution in [2.75, 3.05) is 0 Å². The van der Waals surface area contributed by atoms with Crippen molar-refractivity contribution in [2.45, 2.75) is 13.3 Å². The summed E-state index contributed by atoms with van der Waals surface area (Å²) in [6.45, 7) is 2.07. The first-order chi connectivity index (χ1) is 13.6. The minimum absolute atomic E-state index is 0.0447. The van der Waals surface area contributed by atoms with Crippen molar-refractivity contribution < 1.29 is 8.78 Å². The summed E-state index contributed by atoms with van der Waals surface area (Å²) in [6, 6.07) is 23.3. The number of fused-ring (bicyclic) bond motifs is 4. The molecule has 0 bridgehead atoms. The molecule has 0 saturated carbocycles. The predicted molar refractivity (Wildman–Crippen MR) is 112 cm³/mol. The lowest BCUT2D eigenvalue weighted by atomic mass is 9.95. The third kappa shape index (κ3) is 2.63. The normalized spacial score (nSPS) is 11.7. The van der Waals surface area contributed by atoms with Gasteiger partial charge in [0.05, 0.1) is 5.69 Å². The molecule has 5 aromatic rings. The number of benzene rings is 4. The fourth-order valence-electron chi connectivity index (χ4n) is 4.00. The highest BCUT2D eigenvalue weighted by Crippen LogP contribution is 2.36. The summed E-state index contributed by atoms with van der Waals surface area (Å²) in [5, 5.41) is 5.73. The zero-order chi connectivity index (χ0) is 19.3. The van der Waals surface area contributed by atoms with Gasteiger partial charge in [-0.05, 0) is 52.1 Å². The van der Waals surface area contributed by atoms with Gasteiger partial charge in [0.2, 0.25) is 0 Å². The molecule has 0 N–H and O–H groups in total. The third-order valence-corrected chi connectivity index (χ3v) is 5.32. The van der Waals surface area contributed by atoms with Crippen LogP contribution in [0.3, 0.4) is 0 Å². The van der Waals surface area contributed by atoms with E-state index in [2.05, 4.69) is 36.2 Å². The molecule has 0 unspecified atom stereocenters. The highest BCUT2D eigenvalue weighted by molar-refractivity contribution is 6.11. The van der Waals surface area contributed by atoms with E-state index in [1.807, 2.05) is 30.3 Å². The Kier molecular flexibility index (Phi) is 3.83. The first-order valence-electron chi connectivity index (χ1n) is 9.21. The largest absolute Gasteiger partial charge is 0.264 e. The van der Waals surface area contributed by atoms with E-state index in [1.165, 1.54) is 5.56 Å². The number of aryl methyl sites for hydroxylation is 1. The molecule has 0 atom stereocenters. The smallest absolute Gasteiger partial charge is 0.256 e. The zero-order valence-corrected chi connectivity index (χ0v) is 15.3. The quantitative estimate of drug-likeness (QED) is 0.294. The fourth-order valence-corrected chi connectivity index (χ4v) is 4.00. The Hall–Kier alpha value is -3.33. The molecule has 0 aliphatic rings. The molecule has 4 aromatic carbocycles. The molecule has 136 valence electrons. The minimum Gasteiger partial charge on any atom is -0.256 e. The lowest BCUT2D eigenvalue weighted by Crippen LogP contribution is -1.92. The number of halogens is 2. The Morgan fingerprint density at radius 1 is 0.714 bits per heavy atom. The van der Waals surface area contributed by atoms with Gasteiger partial charge in [0.15, 0.2) is 0 Å². The second-order valence-corrected chi connectivity index (χ2v) is 7.13. The molecule has 0 aliphatic heterocycles. The molecular weight excluding hydrogens is 352 g/mol. The summed E-state index contributed by atoms with van der Waals surface area (Å²) in [4.78, 5) is 4.56. The van der Waals surface area contributed by atoms with Crippen LogP contribution in [0, 0.1) is 6.92 Å². The summed E-state index contributed by atoms with van der Waals surface area (Å²) in [5.74, 6) is 0. The highest BCUT2D eigenvalue weighted by Gasteiger charge is 2.16. The first-order valence-corrected chi connectivity index (χ1v) is 9.21. The molecule has 1 aromatic heterocycles. The Balaban J connectivity index is 1.83. The molecule has 0 aliphatic carbocycles. The number of rotatable bonds is 2. The standard InChI is InChI=1S/C25H17F2N/c1-15-6-8-20-17(12-15)7-9-22-21(20)10-11-28-24(22)18-13-16-4-2-3-5-19(16)23(14-18)25(26)27/h2-14,25H,1H3. The van der Waals surface area contributed by atoms with Gasteiger partial charge in [-0.3, -0.25) is 4.98 Å². The first kappa shape index (κ1) is 16.8. The van der Waals surface area contributed by atoms with E-state index < -0.39 is 6.43 Å². The lowest BCUT2D eigenvalue weighted by molar-refractivity contribution is 0.153. The molecular formula is C25H17F2N. The van der Waals surface area contributed by atoms with Gasteiger partial charge in [0.1, 0.15) is 0 Å². The molecule has 3 heteroatoms. The number of hydrogen-bond acceptors (Lipinski definition) is 1. The van der Waals surface area contributed by atoms with Crippen LogP contribution in [-0.4, -0.2) is 4.98 Å². The van der Waals surface area contributed by atoms with Crippen LogP contribution in [0.2, 0.25) is 0 Å². The van der Waals surface area contributed by atoms with Crippen LogP contribution in [0.5, 0.6) is 0 Å². The van der Waals surface area contributed by atoms with Crippen LogP contribution in [0.1, 0.15) is 17.6 Å². The zero-order valence-electron chi connectivity index (χ0n) is 15.3. The van der Waals surface area contributed by atoms with Crippen LogP contribution in [0.25, 0.3) is 43.6 Å². The van der Waals surface area contributed by atoms with Gasteiger partial charge in [0, 0.05) is 22.7 Å². The summed E-state index contributed by atoms with van der Waals surface area (Å²) >= 11 is 0. The van der Waals surface area contributed by atoms with Crippen LogP contribution < -0.4 is 0 Å². The molecule has 0 saturated heterocycles. The summed E-state index contributed by atoms with van der Waals surface area (Å²) in [7, 11) is 0. The second kappa shape index (κ2) is 6.38. The molecule has 1 nitrogen and oxygen atoms in total. The molecule has 1 heterocycles. The van der Waals surface area contributed by atoms with Crippen molar-refractivity contribution in [3.05, 3.63) is 90.1 Å². The maximum absolute atomic E-state index is 13.7. The molecule has 5 rings (SSSR count). The van der Waals surface area contributed by atoms with Crippen molar-refractivity contribution in [1.82, 2.24) is 4.98 Å². The van der Waals surface area contributed by atoms with E-state index in [9.17, 15) is 8.78 Å². The van der Waals surface area contributed by atoms with Crippen molar-refractivity contribution in [2.24, 2.45) is 0 Å². The summed E-state index contributed by atoms with van der Waals surface area (Å²) in [6.07, 6.45) is -0.780. The predicted octanol–water partition coefficient (Wildman–Crippen LogP) is 7.45. The fraction of sp³-hybridized carbons (Fsp3) is 0.0800. The van der Waals surface area contributed by atoms with Gasteiger partial charge in [-0.2, -0.15) is 0 Å². The SMILES string of the molecule is Cc1ccc2c(ccc3c(-c4cc(C(F)F)c5ccccc5c4)nccc32)c1. The van der Waals surface area contributed by atoms with Crippen LogP contribution in [-0.2, 0) is 0 Å². The molecule has 0 spiro atoms. The number of hydrogen-bond donors (Lipinski definition) is 0. The Bertz CT molecular complexity index is 1360. The maximum Gasteiger partial charge on any atom is 0.264 e. The maximum atomic E-state index is 13.7. The van der Waals surface area contributed by atoms with Crippen molar-refractivity contribution in [1.29, 1.82) is 0 Å². The Morgan fingerprint density at radius 3 is 2.36 bits per heavy atom. The van der Waals surface area contributed by atoms with E-state index in [0.717, 1.165) is 32.6 Å². The summed E-state index contributed by atoms with van der Waals surface area (Å²) < 4.78 is 27.5. The molecule has 28 heavy (non-hydrogen) atoms. The summed E-state index contributed by atoms with van der Waals surface area (Å²) in [5.41, 5.74) is 2.69. The Morgan fingerprint density at radius 2 is 1.50 bits per heavy atom. The van der Waals surface area contributed by atoms with Crippen molar-refractivity contribution >= 4 is 32.3 Å². The van der Waals surface area contributed by atoms with Gasteiger partial charge in [0.25, 0.3) is 6.43 Å². The number of nitrogens with zero attached hydrogens (tertiary/aromatic N) is 1. The van der Waals surface area contributed by atoms with E-state index in [4.69, 9.17) is 0 Å². The van der Waals surface area contributed by atoms with Gasteiger partial charge < -0.3 is 0 Å². The van der Waals surface area contributed by atoms with E-state index in [1.54, 1.807) is 24.4 Å². The van der Waals surface area contributed by atoms with E-state index >= 15 is 0 Å².